The van der Waals surface area contributed by atoms with Crippen LogP contribution in [0.25, 0.3) is 12.2 Å². The summed E-state index contributed by atoms with van der Waals surface area (Å²) in [6.45, 7) is 52.0. The van der Waals surface area contributed by atoms with E-state index < -0.39 is 58.2 Å². The van der Waals surface area contributed by atoms with Crippen LogP contribution in [0, 0.1) is 0 Å². The summed E-state index contributed by atoms with van der Waals surface area (Å²) in [6, 6.07) is 14.0. The number of nitrogens with zero attached hydrogens (tertiary/aromatic N) is 2. The number of aliphatic hydroxyl groups excluding tert-OH is 14. The fraction of sp³-hybridized carbons (Fsp3) is 0.553. The van der Waals surface area contributed by atoms with Gasteiger partial charge in [-0.2, -0.15) is 0 Å². The SMILES string of the molecule is C=C(C)C(=O)NC(CC)(CO)CO.C=C(C)C(=O)OCC(COC(=O)C(=C)C)NC(CO)CO.C=C(C)C(=O)OCCCNC(CO)CO.C=C(C)COOCCNC(=O)NC(CC)(CO)CO.C=CC(=O)NC(CC)(CO)CO.C=CCN(CC=C)C(CC)(CO)CO.C=Cc1ccc(CN(Cc2ccc(C=C)cc2)C(CO)CO)cc1. The number of ether oxygens (including phenoxy) is 3. The van der Waals surface area contributed by atoms with Gasteiger partial charge in [-0.15, -0.1) is 13.2 Å². The van der Waals surface area contributed by atoms with Gasteiger partial charge in [0.2, 0.25) is 11.8 Å². The van der Waals surface area contributed by atoms with Gasteiger partial charge < -0.3 is 118 Å². The Bertz CT molecular complexity index is 3040. The van der Waals surface area contributed by atoms with E-state index in [-0.39, 0.29) is 154 Å². The standard InChI is InChI=1S/C21H25NO2.C14H23NO6.C12H24N2O5.C11H21NO2.C10H19NO4.C9H17NO3.C8H15NO3/c1-3-17-5-9-19(10-6-17)13-22(21(15-23)16-24)14-20-11-7-18(4-2)8-12-20;1-9(2)13(18)20-7-12(15-11(5-16)6-17)8-21-14(19)10(3)4;1-4-12(8-15,9-16)14-11(17)13-5-6-18-19-7-10(2)3;1-4-7-12(8-5-2)11(6-3,9-13)10-14;1-8(2)10(14)15-5-3-4-11-9(6-12)7-13;1-4-9(5-11,6-12)10-8(13)7(2)3;1-3-7(12)9-8(4-2,5-10)6-11/h3-12,21,23-24H,1-2,13-16H2;11-12,15-17H,1,3,5-8H2,2,4H3;15-16H,2,4-9H2,1,3H3,(H2,13,14,17);4-5,13-14H,1-2,6-10H2,3H3;9,11-13H,1,3-7H2,2H3;11-12H,2,4-6H2,1,3H3,(H,10,13);3,10-11H,1,4-6H2,2H3,(H,9,12). The van der Waals surface area contributed by atoms with E-state index in [1.807, 2.05) is 55.2 Å². The first-order valence-corrected chi connectivity index (χ1v) is 38.5. The summed E-state index contributed by atoms with van der Waals surface area (Å²) >= 11 is 0. The molecule has 0 bridgehead atoms. The Labute approximate surface area is 699 Å². The summed E-state index contributed by atoms with van der Waals surface area (Å²) in [7, 11) is 0. The molecule has 33 heteroatoms. The van der Waals surface area contributed by atoms with Crippen LogP contribution < -0.4 is 31.9 Å². The summed E-state index contributed by atoms with van der Waals surface area (Å²) in [6.07, 6.45) is 11.0. The molecule has 0 saturated heterocycles. The van der Waals surface area contributed by atoms with E-state index in [0.29, 0.717) is 89.2 Å². The molecule has 20 N–H and O–H groups in total. The molecule has 33 nitrogen and oxygen atoms in total. The number of carbonyl (C=O) groups excluding carboxylic acids is 6. The minimum atomic E-state index is -0.999. The topological polar surface area (TPSA) is 510 Å². The lowest BCUT2D eigenvalue weighted by atomic mass is 9.95. The second-order valence-electron chi connectivity index (χ2n) is 27.4. The van der Waals surface area contributed by atoms with Gasteiger partial charge in [-0.25, -0.2) is 29.0 Å². The van der Waals surface area contributed by atoms with Crippen LogP contribution in [0.3, 0.4) is 0 Å². The third-order valence-electron chi connectivity index (χ3n) is 17.4. The van der Waals surface area contributed by atoms with Crippen LogP contribution in [0.1, 0.15) is 117 Å². The number of hydrogen-bond acceptors (Lipinski definition) is 29. The molecule has 0 unspecified atom stereocenters. The third-order valence-corrected chi connectivity index (χ3v) is 17.4. The first-order valence-electron chi connectivity index (χ1n) is 38.5. The Balaban J connectivity index is -0.000000427. The van der Waals surface area contributed by atoms with Crippen molar-refractivity contribution in [1.82, 2.24) is 41.7 Å². The fourth-order valence-electron chi connectivity index (χ4n) is 8.83. The van der Waals surface area contributed by atoms with Crippen LogP contribution in [-0.4, -0.2) is 315 Å². The number of hydrogen-bond donors (Lipinski definition) is 20. The number of rotatable bonds is 55. The number of carbonyl (C=O) groups is 6. The first-order chi connectivity index (χ1) is 56.0. The number of amides is 4. The molecule has 2 rings (SSSR count). The van der Waals surface area contributed by atoms with Gasteiger partial charge in [0.25, 0.3) is 0 Å². The summed E-state index contributed by atoms with van der Waals surface area (Å²) < 4.78 is 14.8. The Morgan fingerprint density at radius 1 is 0.458 bits per heavy atom. The van der Waals surface area contributed by atoms with Crippen molar-refractivity contribution in [3.8, 4) is 0 Å². The summed E-state index contributed by atoms with van der Waals surface area (Å²) in [4.78, 5) is 80.9. The van der Waals surface area contributed by atoms with E-state index in [0.717, 1.165) is 33.9 Å². The molecule has 118 heavy (non-hydrogen) atoms. The summed E-state index contributed by atoms with van der Waals surface area (Å²) in [5.41, 5.74) is 3.10. The highest BCUT2D eigenvalue weighted by molar-refractivity contribution is 5.92. The second-order valence-corrected chi connectivity index (χ2v) is 27.4. The van der Waals surface area contributed by atoms with Crippen molar-refractivity contribution >= 4 is 47.9 Å². The molecule has 0 atom stereocenters. The van der Waals surface area contributed by atoms with Crippen molar-refractivity contribution < 1.29 is 124 Å². The maximum Gasteiger partial charge on any atom is 0.333 e. The Morgan fingerprint density at radius 2 is 0.856 bits per heavy atom. The van der Waals surface area contributed by atoms with Gasteiger partial charge in [-0.1, -0.05) is 159 Å². The number of urea groups is 1. The molecule has 0 saturated carbocycles. The number of nitrogens with one attached hydrogen (secondary N) is 6. The Hall–Kier alpha value is -8.34. The average molecular weight is 1680 g/mol. The van der Waals surface area contributed by atoms with Crippen LogP contribution in [-0.2, 0) is 61.0 Å². The van der Waals surface area contributed by atoms with Gasteiger partial charge in [0.05, 0.1) is 152 Å². The molecule has 0 fully saturated rings. The quantitative estimate of drug-likeness (QED) is 0.00859. The highest BCUT2D eigenvalue weighted by atomic mass is 17.2. The van der Waals surface area contributed by atoms with E-state index in [9.17, 15) is 49.2 Å². The van der Waals surface area contributed by atoms with E-state index in [2.05, 4.69) is 127 Å². The Morgan fingerprint density at radius 3 is 1.18 bits per heavy atom. The molecule has 0 spiro atoms. The monoisotopic (exact) mass is 1680 g/mol. The predicted molar refractivity (Wildman–Crippen MR) is 458 cm³/mol. The first kappa shape index (κ1) is 118. The van der Waals surface area contributed by atoms with E-state index in [4.69, 9.17) is 75.1 Å². The molecule has 0 heterocycles. The molecule has 0 aliphatic rings. The molecule has 0 aliphatic heterocycles. The second kappa shape index (κ2) is 71.6. The van der Waals surface area contributed by atoms with Gasteiger partial charge in [0, 0.05) is 55.0 Å². The highest BCUT2D eigenvalue weighted by Gasteiger charge is 2.34. The van der Waals surface area contributed by atoms with E-state index in [1.54, 1.807) is 46.8 Å². The molecule has 674 valence electrons. The zero-order chi connectivity index (χ0) is 91.3. The summed E-state index contributed by atoms with van der Waals surface area (Å²) in [5.74, 6) is -2.27. The molecule has 2 aromatic carbocycles. The Kier molecular flexibility index (Phi) is 71.7. The highest BCUT2D eigenvalue weighted by Crippen LogP contribution is 2.20. The van der Waals surface area contributed by atoms with E-state index >= 15 is 0 Å². The number of aliphatic hydroxyl groups is 14. The molecule has 4 amide bonds. The van der Waals surface area contributed by atoms with Gasteiger partial charge >= 0.3 is 23.9 Å². The van der Waals surface area contributed by atoms with Crippen LogP contribution in [0.5, 0.6) is 0 Å². The number of benzene rings is 2. The van der Waals surface area contributed by atoms with E-state index in [1.165, 1.54) is 13.8 Å². The molecule has 2 aromatic rings. The predicted octanol–water partition coefficient (Wildman–Crippen LogP) is 2.27. The fourth-order valence-corrected chi connectivity index (χ4v) is 8.83. The van der Waals surface area contributed by atoms with Gasteiger partial charge in [-0.05, 0) is 102 Å². The summed E-state index contributed by atoms with van der Waals surface area (Å²) in [5, 5.41) is 143. The van der Waals surface area contributed by atoms with Crippen molar-refractivity contribution in [2.45, 2.75) is 154 Å². The maximum absolute atomic E-state index is 11.5. The smallest absolute Gasteiger partial charge is 0.333 e. The zero-order valence-electron chi connectivity index (χ0n) is 71.2. The average Bonchev–Trinajstić information content (AvgIpc) is 0.837. The minimum Gasteiger partial charge on any atom is -0.462 e. The van der Waals surface area contributed by atoms with Crippen LogP contribution in [0.2, 0.25) is 0 Å². The van der Waals surface area contributed by atoms with Crippen molar-refractivity contribution in [3.05, 3.63) is 183 Å². The molecule has 0 aliphatic carbocycles. The zero-order valence-corrected chi connectivity index (χ0v) is 71.2. The maximum atomic E-state index is 11.5. The molecule has 0 aromatic heterocycles. The lowest BCUT2D eigenvalue weighted by Crippen LogP contribution is -2.56. The molecular formula is C85H144N8O25. The van der Waals surface area contributed by atoms with Crippen LogP contribution in [0.15, 0.2) is 160 Å². The van der Waals surface area contributed by atoms with Crippen LogP contribution in [0.4, 0.5) is 4.79 Å². The van der Waals surface area contributed by atoms with Crippen molar-refractivity contribution in [2.75, 3.05) is 152 Å². The van der Waals surface area contributed by atoms with Gasteiger partial charge in [0.1, 0.15) is 19.8 Å². The van der Waals surface area contributed by atoms with Gasteiger partial charge in [-0.3, -0.25) is 19.4 Å². The normalized spacial score (nSPS) is 11.0. The van der Waals surface area contributed by atoms with Crippen molar-refractivity contribution in [1.29, 1.82) is 0 Å². The van der Waals surface area contributed by atoms with Crippen molar-refractivity contribution in [3.63, 3.8) is 0 Å². The molecule has 0 radical (unpaired) electrons. The van der Waals surface area contributed by atoms with Crippen molar-refractivity contribution in [2.24, 2.45) is 0 Å². The lowest BCUT2D eigenvalue weighted by Gasteiger charge is -2.40. The third kappa shape index (κ3) is 53.2. The van der Waals surface area contributed by atoms with Gasteiger partial charge in [0.15, 0.2) is 0 Å². The van der Waals surface area contributed by atoms with Crippen LogP contribution >= 0.6 is 0 Å². The number of esters is 3. The lowest BCUT2D eigenvalue weighted by molar-refractivity contribution is -0.286. The largest absolute Gasteiger partial charge is 0.462 e. The molecular weight excluding hydrogens is 1530 g/mol. The minimum absolute atomic E-state index is 0.0539.